The molecule has 0 aliphatic rings. The maximum absolute atomic E-state index is 12.3. The van der Waals surface area contributed by atoms with E-state index in [0.29, 0.717) is 11.6 Å². The molecule has 2 aromatic carbocycles. The smallest absolute Gasteiger partial charge is 0.242 e. The van der Waals surface area contributed by atoms with Crippen molar-refractivity contribution in [2.75, 3.05) is 43.5 Å². The molecule has 1 N–H and O–H groups in total. The molecule has 0 unspecified atom stereocenters. The Balaban J connectivity index is 1.88. The average Bonchev–Trinajstić information content (AvgIpc) is 2.73. The third-order valence-electron chi connectivity index (χ3n) is 4.54. The number of anilines is 1. The lowest BCUT2D eigenvalue weighted by Gasteiger charge is -2.22. The monoisotopic (exact) mass is 533 g/mol. The first-order valence-corrected chi connectivity index (χ1v) is 14.8. The molecule has 0 aromatic heterocycles. The second kappa shape index (κ2) is 12.1. The summed E-state index contributed by atoms with van der Waals surface area (Å²) >= 11 is 7.69. The molecule has 0 aliphatic carbocycles. The third-order valence-corrected chi connectivity index (χ3v) is 8.86. The molecule has 8 nitrogen and oxygen atoms in total. The summed E-state index contributed by atoms with van der Waals surface area (Å²) in [6, 6.07) is 13.0. The van der Waals surface area contributed by atoms with Crippen LogP contribution in [0.15, 0.2) is 53.4 Å². The van der Waals surface area contributed by atoms with Gasteiger partial charge in [0.15, 0.2) is 0 Å². The molecule has 0 saturated heterocycles. The van der Waals surface area contributed by atoms with Crippen LogP contribution < -0.4 is 9.62 Å². The maximum atomic E-state index is 12.3. The van der Waals surface area contributed by atoms with E-state index in [1.807, 2.05) is 24.3 Å². The number of sulfonamides is 2. The highest BCUT2D eigenvalue weighted by Gasteiger charge is 2.22. The molecule has 1 amide bonds. The molecule has 0 radical (unpaired) electrons. The number of rotatable bonds is 12. The first-order chi connectivity index (χ1) is 15.4. The van der Waals surface area contributed by atoms with Gasteiger partial charge >= 0.3 is 0 Å². The van der Waals surface area contributed by atoms with Crippen molar-refractivity contribution >= 4 is 55.0 Å². The Kier molecular flexibility index (Phi) is 10.0. The maximum Gasteiger partial charge on any atom is 0.242 e. The SMILES string of the molecule is CN(C)S(=O)(=O)c1ccc(N(CC(=O)NCCCSCc2cccc(Cl)c2)S(C)(=O)=O)cc1. The second-order valence-electron chi connectivity index (χ2n) is 7.44. The molecule has 0 heterocycles. The van der Waals surface area contributed by atoms with E-state index in [4.69, 9.17) is 11.6 Å². The fraction of sp³-hybridized carbons (Fsp3) is 0.381. The average molecular weight is 534 g/mol. The number of hydrogen-bond acceptors (Lipinski definition) is 6. The summed E-state index contributed by atoms with van der Waals surface area (Å²) in [6.07, 6.45) is 1.73. The Morgan fingerprint density at radius 3 is 2.30 bits per heavy atom. The molecular weight excluding hydrogens is 506 g/mol. The number of nitrogens with one attached hydrogen (secondary N) is 1. The van der Waals surface area contributed by atoms with Crippen LogP contribution in [0.2, 0.25) is 5.02 Å². The van der Waals surface area contributed by atoms with Crippen LogP contribution >= 0.6 is 23.4 Å². The van der Waals surface area contributed by atoms with Crippen LogP contribution in [0.3, 0.4) is 0 Å². The first-order valence-electron chi connectivity index (χ1n) is 10.0. The van der Waals surface area contributed by atoms with Crippen molar-refractivity contribution < 1.29 is 21.6 Å². The molecule has 182 valence electrons. The second-order valence-corrected chi connectivity index (χ2v) is 13.0. The molecule has 0 atom stereocenters. The van der Waals surface area contributed by atoms with Gasteiger partial charge in [-0.1, -0.05) is 23.7 Å². The Bertz CT molecular complexity index is 1150. The summed E-state index contributed by atoms with van der Waals surface area (Å²) < 4.78 is 50.9. The molecule has 0 saturated carbocycles. The van der Waals surface area contributed by atoms with Crippen molar-refractivity contribution in [3.8, 4) is 0 Å². The molecule has 2 aromatic rings. The van der Waals surface area contributed by atoms with Gasteiger partial charge in [0, 0.05) is 31.4 Å². The standard InChI is InChI=1S/C21H28ClN3O5S3/c1-24(2)33(29,30)20-10-8-19(9-11-20)25(32(3,27)28)15-21(26)23-12-5-13-31-16-17-6-4-7-18(22)14-17/h4,6-11,14H,5,12-13,15-16H2,1-3H3,(H,23,26). The van der Waals surface area contributed by atoms with Gasteiger partial charge in [0.2, 0.25) is 26.0 Å². The summed E-state index contributed by atoms with van der Waals surface area (Å²) in [4.78, 5) is 12.4. The number of thioether (sulfide) groups is 1. The molecule has 0 fully saturated rings. The van der Waals surface area contributed by atoms with E-state index in [1.54, 1.807) is 11.8 Å². The summed E-state index contributed by atoms with van der Waals surface area (Å²) in [5.74, 6) is 1.20. The van der Waals surface area contributed by atoms with Crippen molar-refractivity contribution in [1.82, 2.24) is 9.62 Å². The highest BCUT2D eigenvalue weighted by atomic mass is 35.5. The summed E-state index contributed by atoms with van der Waals surface area (Å²) in [7, 11) is -4.58. The number of nitrogens with zero attached hydrogens (tertiary/aromatic N) is 2. The molecule has 2 rings (SSSR count). The molecular formula is C21H28ClN3O5S3. The van der Waals surface area contributed by atoms with Crippen LogP contribution in [0.25, 0.3) is 0 Å². The van der Waals surface area contributed by atoms with Gasteiger partial charge in [-0.25, -0.2) is 21.1 Å². The van der Waals surface area contributed by atoms with E-state index in [2.05, 4.69) is 5.32 Å². The Hall–Kier alpha value is -1.79. The van der Waals surface area contributed by atoms with E-state index in [0.717, 1.165) is 38.4 Å². The van der Waals surface area contributed by atoms with Gasteiger partial charge < -0.3 is 5.32 Å². The molecule has 33 heavy (non-hydrogen) atoms. The lowest BCUT2D eigenvalue weighted by atomic mass is 10.2. The van der Waals surface area contributed by atoms with Gasteiger partial charge in [-0.05, 0) is 54.1 Å². The van der Waals surface area contributed by atoms with Crippen LogP contribution in [0.5, 0.6) is 0 Å². The van der Waals surface area contributed by atoms with Crippen LogP contribution in [0.1, 0.15) is 12.0 Å². The predicted molar refractivity (Wildman–Crippen MR) is 135 cm³/mol. The minimum absolute atomic E-state index is 0.0319. The lowest BCUT2D eigenvalue weighted by molar-refractivity contribution is -0.119. The number of carbonyl (C=O) groups excluding carboxylic acids is 1. The summed E-state index contributed by atoms with van der Waals surface area (Å²) in [5, 5.41) is 3.43. The third kappa shape index (κ3) is 8.49. The number of benzene rings is 2. The van der Waals surface area contributed by atoms with Crippen molar-refractivity contribution in [2.45, 2.75) is 17.1 Å². The molecule has 12 heteroatoms. The zero-order valence-electron chi connectivity index (χ0n) is 18.7. The van der Waals surface area contributed by atoms with Gasteiger partial charge in [-0.2, -0.15) is 11.8 Å². The van der Waals surface area contributed by atoms with E-state index < -0.39 is 32.5 Å². The van der Waals surface area contributed by atoms with Gasteiger partial charge in [-0.3, -0.25) is 9.10 Å². The zero-order valence-corrected chi connectivity index (χ0v) is 21.9. The van der Waals surface area contributed by atoms with Crippen molar-refractivity contribution in [3.63, 3.8) is 0 Å². The van der Waals surface area contributed by atoms with Crippen LogP contribution in [0, 0.1) is 0 Å². The number of hydrogen-bond donors (Lipinski definition) is 1. The van der Waals surface area contributed by atoms with Gasteiger partial charge in [0.25, 0.3) is 0 Å². The normalized spacial score (nSPS) is 12.0. The van der Waals surface area contributed by atoms with Crippen LogP contribution in [0.4, 0.5) is 5.69 Å². The Morgan fingerprint density at radius 2 is 1.73 bits per heavy atom. The summed E-state index contributed by atoms with van der Waals surface area (Å²) in [6.45, 7) is 0.0211. The molecule has 0 bridgehead atoms. The Morgan fingerprint density at radius 1 is 1.06 bits per heavy atom. The fourth-order valence-electron chi connectivity index (χ4n) is 2.80. The van der Waals surface area contributed by atoms with Crippen molar-refractivity contribution in [2.24, 2.45) is 0 Å². The van der Waals surface area contributed by atoms with E-state index in [9.17, 15) is 21.6 Å². The zero-order chi connectivity index (χ0) is 24.6. The van der Waals surface area contributed by atoms with Gasteiger partial charge in [-0.15, -0.1) is 0 Å². The number of amides is 1. The minimum Gasteiger partial charge on any atom is -0.354 e. The van der Waals surface area contributed by atoms with Crippen molar-refractivity contribution in [1.29, 1.82) is 0 Å². The van der Waals surface area contributed by atoms with E-state index >= 15 is 0 Å². The minimum atomic E-state index is -3.75. The quantitative estimate of drug-likeness (QED) is 0.421. The highest BCUT2D eigenvalue weighted by Crippen LogP contribution is 2.21. The largest absolute Gasteiger partial charge is 0.354 e. The molecule has 0 spiro atoms. The van der Waals surface area contributed by atoms with E-state index in [1.165, 1.54) is 38.4 Å². The molecule has 0 aliphatic heterocycles. The fourth-order valence-corrected chi connectivity index (χ4v) is 5.68. The number of halogens is 1. The van der Waals surface area contributed by atoms with E-state index in [-0.39, 0.29) is 10.6 Å². The van der Waals surface area contributed by atoms with Crippen LogP contribution in [-0.2, 0) is 30.6 Å². The predicted octanol–water partition coefficient (Wildman–Crippen LogP) is 2.80. The van der Waals surface area contributed by atoms with Gasteiger partial charge in [0.05, 0.1) is 16.8 Å². The Labute approximate surface area is 205 Å². The topological polar surface area (TPSA) is 104 Å². The van der Waals surface area contributed by atoms with Gasteiger partial charge in [0.1, 0.15) is 6.54 Å². The van der Waals surface area contributed by atoms with Crippen molar-refractivity contribution in [3.05, 3.63) is 59.1 Å². The number of carbonyl (C=O) groups is 1. The summed E-state index contributed by atoms with van der Waals surface area (Å²) in [5.41, 5.74) is 1.34. The first kappa shape index (κ1) is 27.5. The highest BCUT2D eigenvalue weighted by molar-refractivity contribution is 7.98. The van der Waals surface area contributed by atoms with Crippen LogP contribution in [-0.4, -0.2) is 66.2 Å². The lowest BCUT2D eigenvalue weighted by Crippen LogP contribution is -2.40.